The third-order valence-electron chi connectivity index (χ3n) is 3.28. The first kappa shape index (κ1) is 17.9. The molecule has 0 bridgehead atoms. The van der Waals surface area contributed by atoms with Crippen LogP contribution in [0.2, 0.25) is 0 Å². The topological polar surface area (TPSA) is 72.5 Å². The molecule has 2 aromatic rings. The molecule has 0 heterocycles. The zero-order valence-corrected chi connectivity index (χ0v) is 13.7. The number of alkyl halides is 2. The van der Waals surface area contributed by atoms with Crippen LogP contribution in [-0.4, -0.2) is 27.2 Å². The second kappa shape index (κ2) is 6.96. The molecule has 128 valence electrons. The molecule has 0 aliphatic rings. The van der Waals surface area contributed by atoms with E-state index < -0.39 is 26.4 Å². The molecule has 0 aliphatic heterocycles. The van der Waals surface area contributed by atoms with Crippen molar-refractivity contribution in [1.29, 1.82) is 0 Å². The lowest BCUT2D eigenvalue weighted by atomic mass is 10.1. The van der Waals surface area contributed by atoms with Gasteiger partial charge in [-0.3, -0.25) is 4.79 Å². The maximum absolute atomic E-state index is 12.5. The molecule has 2 aromatic carbocycles. The van der Waals surface area contributed by atoms with E-state index in [4.69, 9.17) is 4.74 Å². The number of hydrogen-bond donors (Lipinski definition) is 1. The number of rotatable bonds is 5. The second-order valence-electron chi connectivity index (χ2n) is 4.99. The fourth-order valence-electron chi connectivity index (χ4n) is 2.01. The molecule has 24 heavy (non-hydrogen) atoms. The number of hydrogen-bond acceptors (Lipinski definition) is 4. The number of amides is 1. The van der Waals surface area contributed by atoms with Gasteiger partial charge in [0.1, 0.15) is 5.75 Å². The number of methoxy groups -OCH3 is 1. The largest absolute Gasteiger partial charge is 0.495 e. The summed E-state index contributed by atoms with van der Waals surface area (Å²) in [6.07, 6.45) is 0. The first-order chi connectivity index (χ1) is 11.3. The molecule has 2 rings (SSSR count). The number of aryl methyl sites for hydroxylation is 1. The van der Waals surface area contributed by atoms with E-state index >= 15 is 0 Å². The van der Waals surface area contributed by atoms with Crippen LogP contribution in [0.25, 0.3) is 0 Å². The smallest absolute Gasteiger partial charge is 0.341 e. The van der Waals surface area contributed by atoms with Crippen LogP contribution in [0.1, 0.15) is 15.9 Å². The van der Waals surface area contributed by atoms with Crippen molar-refractivity contribution in [3.8, 4) is 5.75 Å². The highest BCUT2D eigenvalue weighted by Gasteiger charge is 2.26. The van der Waals surface area contributed by atoms with Crippen LogP contribution in [0.4, 0.5) is 14.5 Å². The van der Waals surface area contributed by atoms with Gasteiger partial charge in [0.2, 0.25) is 9.84 Å². The van der Waals surface area contributed by atoms with E-state index in [1.807, 2.05) is 13.0 Å². The van der Waals surface area contributed by atoms with Gasteiger partial charge in [-0.05, 0) is 48.9 Å². The van der Waals surface area contributed by atoms with Gasteiger partial charge in [-0.15, -0.1) is 0 Å². The molecule has 0 aliphatic carbocycles. The van der Waals surface area contributed by atoms with Gasteiger partial charge in [0, 0.05) is 5.56 Å². The van der Waals surface area contributed by atoms with Crippen LogP contribution >= 0.6 is 0 Å². The summed E-state index contributed by atoms with van der Waals surface area (Å²) in [4.78, 5) is 11.7. The van der Waals surface area contributed by atoms with Crippen molar-refractivity contribution in [3.63, 3.8) is 0 Å². The van der Waals surface area contributed by atoms with E-state index in [-0.39, 0.29) is 5.56 Å². The molecule has 0 aromatic heterocycles. The molecule has 0 fully saturated rings. The monoisotopic (exact) mass is 355 g/mol. The van der Waals surface area contributed by atoms with Gasteiger partial charge in [-0.25, -0.2) is 8.42 Å². The number of nitrogens with one attached hydrogen (secondary N) is 1. The van der Waals surface area contributed by atoms with Crippen molar-refractivity contribution in [2.75, 3.05) is 12.4 Å². The lowest BCUT2D eigenvalue weighted by molar-refractivity contribution is 0.102. The van der Waals surface area contributed by atoms with E-state index in [1.165, 1.54) is 19.2 Å². The van der Waals surface area contributed by atoms with Gasteiger partial charge in [0.05, 0.1) is 17.7 Å². The summed E-state index contributed by atoms with van der Waals surface area (Å²) >= 11 is 0. The molecule has 0 spiro atoms. The molecule has 0 saturated carbocycles. The summed E-state index contributed by atoms with van der Waals surface area (Å²) in [5.74, 6) is -3.56. The minimum Gasteiger partial charge on any atom is -0.495 e. The Morgan fingerprint density at radius 1 is 1.12 bits per heavy atom. The van der Waals surface area contributed by atoms with Crippen molar-refractivity contribution >= 4 is 21.4 Å². The third-order valence-corrected chi connectivity index (χ3v) is 4.68. The molecule has 5 nitrogen and oxygen atoms in total. The zero-order chi connectivity index (χ0) is 17.9. The van der Waals surface area contributed by atoms with E-state index in [0.29, 0.717) is 11.4 Å². The number of halogens is 2. The molecule has 8 heteroatoms. The summed E-state index contributed by atoms with van der Waals surface area (Å²) in [6, 6.07) is 9.53. The standard InChI is InChI=1S/C16H15F2NO4S/c1-10-3-8-14(23-2)13(9-10)19-15(20)11-4-6-12(7-5-11)24(21,22)16(17)18/h3-9,16H,1-2H3,(H,19,20). The Kier molecular flexibility index (Phi) is 5.18. The van der Waals surface area contributed by atoms with E-state index in [2.05, 4.69) is 5.32 Å². The van der Waals surface area contributed by atoms with E-state index in [9.17, 15) is 22.0 Å². The quantitative estimate of drug-likeness (QED) is 0.894. The van der Waals surface area contributed by atoms with Crippen molar-refractivity contribution in [2.24, 2.45) is 0 Å². The maximum Gasteiger partial charge on any atom is 0.341 e. The normalized spacial score (nSPS) is 11.4. The second-order valence-corrected chi connectivity index (χ2v) is 6.91. The van der Waals surface area contributed by atoms with Gasteiger partial charge in [0.15, 0.2) is 0 Å². The number of sulfone groups is 1. The number of ether oxygens (including phenoxy) is 1. The minimum atomic E-state index is -4.68. The lowest BCUT2D eigenvalue weighted by Crippen LogP contribution is -2.14. The Morgan fingerprint density at radius 2 is 1.75 bits per heavy atom. The van der Waals surface area contributed by atoms with Gasteiger partial charge in [0.25, 0.3) is 5.91 Å². The number of benzene rings is 2. The van der Waals surface area contributed by atoms with Crippen LogP contribution in [0.5, 0.6) is 5.75 Å². The van der Waals surface area contributed by atoms with Gasteiger partial charge >= 0.3 is 5.76 Å². The van der Waals surface area contributed by atoms with Crippen LogP contribution in [0.15, 0.2) is 47.4 Å². The maximum atomic E-state index is 12.5. The predicted octanol–water partition coefficient (Wildman–Crippen LogP) is 3.25. The number of carbonyl (C=O) groups excluding carboxylic acids is 1. The Balaban J connectivity index is 2.24. The number of anilines is 1. The Labute approximate surface area is 138 Å². The molecule has 0 saturated heterocycles. The predicted molar refractivity (Wildman–Crippen MR) is 85.3 cm³/mol. The van der Waals surface area contributed by atoms with Crippen molar-refractivity contribution < 1.29 is 26.7 Å². The van der Waals surface area contributed by atoms with E-state index in [0.717, 1.165) is 17.7 Å². The van der Waals surface area contributed by atoms with Crippen LogP contribution in [0.3, 0.4) is 0 Å². The molecule has 1 N–H and O–H groups in total. The highest BCUT2D eigenvalue weighted by atomic mass is 32.2. The number of carbonyl (C=O) groups is 1. The summed E-state index contributed by atoms with van der Waals surface area (Å²) < 4.78 is 52.8. The minimum absolute atomic E-state index is 0.131. The molecule has 0 atom stereocenters. The van der Waals surface area contributed by atoms with Crippen molar-refractivity contribution in [2.45, 2.75) is 17.6 Å². The van der Waals surface area contributed by atoms with Crippen LogP contribution in [-0.2, 0) is 9.84 Å². The lowest BCUT2D eigenvalue weighted by Gasteiger charge is -2.11. The van der Waals surface area contributed by atoms with Gasteiger partial charge < -0.3 is 10.1 Å². The average molecular weight is 355 g/mol. The van der Waals surface area contributed by atoms with E-state index in [1.54, 1.807) is 12.1 Å². The van der Waals surface area contributed by atoms with Crippen molar-refractivity contribution in [3.05, 3.63) is 53.6 Å². The SMILES string of the molecule is COc1ccc(C)cc1NC(=O)c1ccc(S(=O)(=O)C(F)F)cc1. The summed E-state index contributed by atoms with van der Waals surface area (Å²) in [5.41, 5.74) is 1.49. The Bertz CT molecular complexity index is 849. The molecular weight excluding hydrogens is 340 g/mol. The third kappa shape index (κ3) is 3.70. The van der Waals surface area contributed by atoms with Crippen molar-refractivity contribution in [1.82, 2.24) is 0 Å². The highest BCUT2D eigenvalue weighted by molar-refractivity contribution is 7.91. The van der Waals surface area contributed by atoms with Crippen LogP contribution < -0.4 is 10.1 Å². The Hall–Kier alpha value is -2.48. The summed E-state index contributed by atoms with van der Waals surface area (Å²) in [5, 5.41) is 2.64. The molecular formula is C16H15F2NO4S. The average Bonchev–Trinajstić information content (AvgIpc) is 2.55. The van der Waals surface area contributed by atoms with Gasteiger partial charge in [-0.2, -0.15) is 8.78 Å². The molecule has 0 radical (unpaired) electrons. The summed E-state index contributed by atoms with van der Waals surface area (Å²) in [6.45, 7) is 1.85. The fourth-order valence-corrected chi connectivity index (χ4v) is 2.73. The van der Waals surface area contributed by atoms with Crippen LogP contribution in [0, 0.1) is 6.92 Å². The molecule has 0 unspecified atom stereocenters. The summed E-state index contributed by atoms with van der Waals surface area (Å²) in [7, 11) is -3.22. The van der Waals surface area contributed by atoms with Gasteiger partial charge in [-0.1, -0.05) is 6.07 Å². The fraction of sp³-hybridized carbons (Fsp3) is 0.188. The zero-order valence-electron chi connectivity index (χ0n) is 12.9. The highest BCUT2D eigenvalue weighted by Crippen LogP contribution is 2.26. The first-order valence-electron chi connectivity index (χ1n) is 6.84. The Morgan fingerprint density at radius 3 is 2.29 bits per heavy atom. The first-order valence-corrected chi connectivity index (χ1v) is 8.38. The molecule has 1 amide bonds.